The highest BCUT2D eigenvalue weighted by atomic mass is 19.1. The average molecular weight is 480 g/mol. The molecule has 0 radical (unpaired) electrons. The van der Waals surface area contributed by atoms with Crippen LogP contribution in [-0.2, 0) is 7.05 Å². The Hall–Kier alpha value is -3.53. The van der Waals surface area contributed by atoms with Crippen molar-refractivity contribution in [2.24, 2.45) is 18.0 Å². The van der Waals surface area contributed by atoms with E-state index >= 15 is 4.39 Å². The Morgan fingerprint density at radius 3 is 2.63 bits per heavy atom. The van der Waals surface area contributed by atoms with Gasteiger partial charge in [-0.25, -0.2) is 8.78 Å². The Kier molecular flexibility index (Phi) is 5.40. The van der Waals surface area contributed by atoms with Crippen molar-refractivity contribution >= 4 is 28.4 Å². The van der Waals surface area contributed by atoms with E-state index < -0.39 is 17.4 Å². The first-order valence-corrected chi connectivity index (χ1v) is 11.9. The van der Waals surface area contributed by atoms with E-state index in [1.807, 2.05) is 6.07 Å². The molecule has 2 fully saturated rings. The first kappa shape index (κ1) is 22.0. The lowest BCUT2D eigenvalue weighted by Gasteiger charge is -2.33. The standard InChI is InChI=1S/C25H27F2N7O/c1-32-7-9-34(10-8-32)22-13-21(29-20-11-16(14-28-20)15-3-4-15)30-25(31-22)35-24-18(26)12-19-17(23(24)27)5-6-33(19)2/h5-6,11-13,15H,3-4,7-10,14H2,1-2H3,(H,28,29,30,31). The summed E-state index contributed by atoms with van der Waals surface area (Å²) < 4.78 is 37.4. The lowest BCUT2D eigenvalue weighted by atomic mass is 10.2. The smallest absolute Gasteiger partial charge is 0.326 e. The zero-order valence-electron chi connectivity index (χ0n) is 19.8. The molecule has 35 heavy (non-hydrogen) atoms. The number of aromatic nitrogens is 3. The molecule has 1 saturated carbocycles. The van der Waals surface area contributed by atoms with Gasteiger partial charge in [-0.2, -0.15) is 9.97 Å². The van der Waals surface area contributed by atoms with E-state index in [9.17, 15) is 4.39 Å². The SMILES string of the molecule is CN1CCN(c2cc(NC3=NCC(C4CC4)=C3)nc(Oc3c(F)cc4c(ccn4C)c3F)n2)CC1. The van der Waals surface area contributed by atoms with Crippen LogP contribution >= 0.6 is 0 Å². The number of anilines is 2. The van der Waals surface area contributed by atoms with Gasteiger partial charge in [0.1, 0.15) is 17.5 Å². The monoisotopic (exact) mass is 479 g/mol. The molecule has 10 heteroatoms. The largest absolute Gasteiger partial charge is 0.418 e. The van der Waals surface area contributed by atoms with E-state index in [2.05, 4.69) is 43.2 Å². The topological polar surface area (TPSA) is 70.8 Å². The van der Waals surface area contributed by atoms with Crippen molar-refractivity contribution in [2.75, 3.05) is 50.0 Å². The van der Waals surface area contributed by atoms with E-state index in [4.69, 9.17) is 4.74 Å². The number of fused-ring (bicyclic) bond motifs is 1. The van der Waals surface area contributed by atoms with Crippen LogP contribution in [0.4, 0.5) is 20.4 Å². The highest BCUT2D eigenvalue weighted by molar-refractivity contribution is 6.05. The van der Waals surface area contributed by atoms with Gasteiger partial charge in [-0.05, 0) is 43.5 Å². The summed E-state index contributed by atoms with van der Waals surface area (Å²) in [7, 11) is 3.81. The van der Waals surface area contributed by atoms with Crippen molar-refractivity contribution in [2.45, 2.75) is 12.8 Å². The van der Waals surface area contributed by atoms with E-state index in [-0.39, 0.29) is 11.4 Å². The number of hydrogen-bond acceptors (Lipinski definition) is 7. The molecule has 1 aliphatic carbocycles. The number of nitrogens with zero attached hydrogens (tertiary/aromatic N) is 6. The Morgan fingerprint density at radius 2 is 1.86 bits per heavy atom. The summed E-state index contributed by atoms with van der Waals surface area (Å²) in [4.78, 5) is 17.9. The highest BCUT2D eigenvalue weighted by Crippen LogP contribution is 2.38. The molecular formula is C25H27F2N7O. The number of aryl methyl sites for hydroxylation is 1. The number of benzene rings is 1. The van der Waals surface area contributed by atoms with Crippen molar-refractivity contribution in [3.8, 4) is 11.8 Å². The Labute approximate surface area is 201 Å². The molecule has 1 aromatic carbocycles. The van der Waals surface area contributed by atoms with Crippen LogP contribution < -0.4 is 15.0 Å². The van der Waals surface area contributed by atoms with Crippen LogP contribution in [0.25, 0.3) is 10.9 Å². The number of halogens is 2. The Morgan fingerprint density at radius 1 is 1.06 bits per heavy atom. The maximum absolute atomic E-state index is 15.2. The molecule has 0 bridgehead atoms. The van der Waals surface area contributed by atoms with Gasteiger partial charge >= 0.3 is 6.01 Å². The summed E-state index contributed by atoms with van der Waals surface area (Å²) in [5, 5.41) is 3.52. The molecule has 0 spiro atoms. The van der Waals surface area contributed by atoms with Crippen molar-refractivity contribution in [1.29, 1.82) is 0 Å². The summed E-state index contributed by atoms with van der Waals surface area (Å²) in [6.07, 6.45) is 6.18. The molecule has 0 atom stereocenters. The minimum absolute atomic E-state index is 0.123. The molecule has 182 valence electrons. The normalized spacial score (nSPS) is 18.7. The molecule has 8 nitrogen and oxygen atoms in total. The van der Waals surface area contributed by atoms with Gasteiger partial charge in [0.05, 0.1) is 12.1 Å². The number of ether oxygens (including phenoxy) is 1. The average Bonchev–Trinajstić information content (AvgIpc) is 3.49. The van der Waals surface area contributed by atoms with Crippen molar-refractivity contribution in [3.05, 3.63) is 47.7 Å². The zero-order chi connectivity index (χ0) is 24.1. The Bertz CT molecular complexity index is 1350. The third kappa shape index (κ3) is 4.34. The van der Waals surface area contributed by atoms with Gasteiger partial charge in [0.2, 0.25) is 5.75 Å². The third-order valence-corrected chi connectivity index (χ3v) is 6.86. The van der Waals surface area contributed by atoms with Crippen LogP contribution in [0.1, 0.15) is 12.8 Å². The van der Waals surface area contributed by atoms with Gasteiger partial charge in [0, 0.05) is 56.9 Å². The van der Waals surface area contributed by atoms with Crippen molar-refractivity contribution in [3.63, 3.8) is 0 Å². The summed E-state index contributed by atoms with van der Waals surface area (Å²) in [6, 6.07) is 4.56. The maximum Gasteiger partial charge on any atom is 0.326 e. The summed E-state index contributed by atoms with van der Waals surface area (Å²) >= 11 is 0. The molecule has 1 N–H and O–H groups in total. The van der Waals surface area contributed by atoms with Crippen LogP contribution in [0.5, 0.6) is 11.8 Å². The number of piperazine rings is 1. The first-order valence-electron chi connectivity index (χ1n) is 11.9. The number of likely N-dealkylation sites (N-methyl/N-ethyl adjacent to an activating group) is 1. The van der Waals surface area contributed by atoms with E-state index in [1.54, 1.807) is 23.9 Å². The van der Waals surface area contributed by atoms with Crippen LogP contribution in [0, 0.1) is 17.6 Å². The van der Waals surface area contributed by atoms with Crippen LogP contribution in [-0.4, -0.2) is 65.0 Å². The lowest BCUT2D eigenvalue weighted by Crippen LogP contribution is -2.44. The first-order chi connectivity index (χ1) is 16.9. The van der Waals surface area contributed by atoms with Crippen LogP contribution in [0.2, 0.25) is 0 Å². The maximum atomic E-state index is 15.2. The molecule has 0 amide bonds. The fourth-order valence-corrected chi connectivity index (χ4v) is 4.58. The summed E-state index contributed by atoms with van der Waals surface area (Å²) in [5.41, 5.74) is 1.77. The van der Waals surface area contributed by atoms with E-state index in [0.29, 0.717) is 29.6 Å². The predicted molar refractivity (Wildman–Crippen MR) is 131 cm³/mol. The Balaban J connectivity index is 1.34. The molecule has 2 aliphatic heterocycles. The predicted octanol–water partition coefficient (Wildman–Crippen LogP) is 3.95. The molecule has 2 aromatic heterocycles. The summed E-state index contributed by atoms with van der Waals surface area (Å²) in [6.45, 7) is 4.02. The zero-order valence-corrected chi connectivity index (χ0v) is 19.8. The number of rotatable bonds is 5. The molecular weight excluding hydrogens is 452 g/mol. The second-order valence-electron chi connectivity index (χ2n) is 9.47. The van der Waals surface area contributed by atoms with Crippen molar-refractivity contribution < 1.29 is 13.5 Å². The summed E-state index contributed by atoms with van der Waals surface area (Å²) in [5.74, 6) is 0.373. The van der Waals surface area contributed by atoms with Crippen LogP contribution in [0.3, 0.4) is 0 Å². The molecule has 4 heterocycles. The number of nitrogens with one attached hydrogen (secondary N) is 1. The molecule has 1 saturated heterocycles. The molecule has 0 unspecified atom stereocenters. The second-order valence-corrected chi connectivity index (χ2v) is 9.47. The van der Waals surface area contributed by atoms with Gasteiger partial charge in [-0.15, -0.1) is 0 Å². The highest BCUT2D eigenvalue weighted by Gasteiger charge is 2.28. The van der Waals surface area contributed by atoms with Gasteiger partial charge in [0.25, 0.3) is 0 Å². The quantitative estimate of drug-likeness (QED) is 0.598. The molecule has 6 rings (SSSR count). The van der Waals surface area contributed by atoms with Gasteiger partial charge in [-0.3, -0.25) is 4.99 Å². The van der Waals surface area contributed by atoms with Crippen LogP contribution in [0.15, 0.2) is 41.0 Å². The van der Waals surface area contributed by atoms with E-state index in [0.717, 1.165) is 32.0 Å². The molecule has 3 aliphatic rings. The number of amidine groups is 1. The minimum Gasteiger partial charge on any atom is -0.418 e. The van der Waals surface area contributed by atoms with Gasteiger partial charge < -0.3 is 24.4 Å². The fourth-order valence-electron chi connectivity index (χ4n) is 4.58. The second kappa shape index (κ2) is 8.60. The van der Waals surface area contributed by atoms with E-state index in [1.165, 1.54) is 24.5 Å². The number of aliphatic imine (C=N–C) groups is 1. The fraction of sp³-hybridized carbons (Fsp3) is 0.400. The minimum atomic E-state index is -0.808. The number of hydrogen-bond donors (Lipinski definition) is 1. The lowest BCUT2D eigenvalue weighted by molar-refractivity contribution is 0.311. The van der Waals surface area contributed by atoms with Crippen molar-refractivity contribution in [1.82, 2.24) is 19.4 Å². The van der Waals surface area contributed by atoms with Gasteiger partial charge in [0.15, 0.2) is 11.6 Å². The van der Waals surface area contributed by atoms with Gasteiger partial charge in [-0.1, -0.05) is 0 Å². The third-order valence-electron chi connectivity index (χ3n) is 6.86. The molecule has 3 aromatic rings.